The van der Waals surface area contributed by atoms with Crippen LogP contribution in [0, 0.1) is 11.3 Å². The molecular weight excluding hydrogens is 224 g/mol. The molecule has 0 aromatic heterocycles. The number of carbonyl (C=O) groups excluding carboxylic acids is 1. The largest absolute Gasteiger partial charge is 0.459 e. The Morgan fingerprint density at radius 2 is 1.72 bits per heavy atom. The van der Waals surface area contributed by atoms with Gasteiger partial charge in [0.1, 0.15) is 5.60 Å². The summed E-state index contributed by atoms with van der Waals surface area (Å²) in [6.07, 6.45) is 7.79. The molecule has 0 amide bonds. The van der Waals surface area contributed by atoms with E-state index in [1.807, 2.05) is 6.92 Å². The summed E-state index contributed by atoms with van der Waals surface area (Å²) in [6.45, 7) is 10.4. The van der Waals surface area contributed by atoms with Crippen LogP contribution in [-0.2, 0) is 9.53 Å². The minimum Gasteiger partial charge on any atom is -0.459 e. The van der Waals surface area contributed by atoms with Gasteiger partial charge < -0.3 is 4.74 Å². The molecule has 0 spiro atoms. The fraction of sp³-hybridized carbons (Fsp3) is 0.938. The van der Waals surface area contributed by atoms with Gasteiger partial charge in [0.05, 0.1) is 5.41 Å². The van der Waals surface area contributed by atoms with Crippen molar-refractivity contribution in [2.45, 2.75) is 85.2 Å². The fourth-order valence-electron chi connectivity index (χ4n) is 3.04. The highest BCUT2D eigenvalue weighted by atomic mass is 16.6. The Bertz CT molecular complexity index is 277. The second kappa shape index (κ2) is 6.08. The van der Waals surface area contributed by atoms with Crippen molar-refractivity contribution in [2.24, 2.45) is 11.3 Å². The van der Waals surface area contributed by atoms with Crippen LogP contribution in [0.25, 0.3) is 0 Å². The summed E-state index contributed by atoms with van der Waals surface area (Å²) >= 11 is 0. The van der Waals surface area contributed by atoms with E-state index in [1.165, 1.54) is 25.7 Å². The molecule has 1 rings (SSSR count). The fourth-order valence-corrected chi connectivity index (χ4v) is 3.04. The van der Waals surface area contributed by atoms with Gasteiger partial charge in [0, 0.05) is 0 Å². The lowest BCUT2D eigenvalue weighted by molar-refractivity contribution is -0.174. The van der Waals surface area contributed by atoms with Crippen LogP contribution in [0.3, 0.4) is 0 Å². The highest BCUT2D eigenvalue weighted by molar-refractivity contribution is 5.76. The van der Waals surface area contributed by atoms with Gasteiger partial charge in [-0.15, -0.1) is 0 Å². The Morgan fingerprint density at radius 1 is 1.17 bits per heavy atom. The zero-order chi connectivity index (χ0) is 13.8. The van der Waals surface area contributed by atoms with Crippen molar-refractivity contribution in [3.05, 3.63) is 0 Å². The van der Waals surface area contributed by atoms with E-state index in [2.05, 4.69) is 27.7 Å². The van der Waals surface area contributed by atoms with Gasteiger partial charge in [0.25, 0.3) is 0 Å². The summed E-state index contributed by atoms with van der Waals surface area (Å²) in [6, 6.07) is 0. The first-order valence-corrected chi connectivity index (χ1v) is 7.59. The summed E-state index contributed by atoms with van der Waals surface area (Å²) < 4.78 is 5.89. The molecule has 2 nitrogen and oxygen atoms in total. The zero-order valence-electron chi connectivity index (χ0n) is 12.8. The van der Waals surface area contributed by atoms with Crippen molar-refractivity contribution in [3.63, 3.8) is 0 Å². The maximum absolute atomic E-state index is 12.4. The Labute approximate surface area is 112 Å². The van der Waals surface area contributed by atoms with E-state index in [1.54, 1.807) is 0 Å². The molecule has 0 aromatic carbocycles. The van der Waals surface area contributed by atoms with E-state index in [4.69, 9.17) is 4.74 Å². The molecule has 0 N–H and O–H groups in total. The third-order valence-corrected chi connectivity index (χ3v) is 4.77. The zero-order valence-corrected chi connectivity index (χ0v) is 12.8. The van der Waals surface area contributed by atoms with Crippen LogP contribution in [0.4, 0.5) is 0 Å². The molecule has 1 unspecified atom stereocenters. The minimum atomic E-state index is -0.301. The van der Waals surface area contributed by atoms with Crippen molar-refractivity contribution in [2.75, 3.05) is 0 Å². The van der Waals surface area contributed by atoms with Crippen LogP contribution >= 0.6 is 0 Å². The smallest absolute Gasteiger partial charge is 0.312 e. The first-order chi connectivity index (χ1) is 8.35. The second-order valence-corrected chi connectivity index (χ2v) is 6.64. The van der Waals surface area contributed by atoms with Crippen molar-refractivity contribution in [3.8, 4) is 0 Å². The Balaban J connectivity index is 2.66. The monoisotopic (exact) mass is 254 g/mol. The van der Waals surface area contributed by atoms with Gasteiger partial charge in [-0.3, -0.25) is 4.79 Å². The molecule has 0 saturated heterocycles. The number of rotatable bonds is 6. The van der Waals surface area contributed by atoms with Gasteiger partial charge in [0.2, 0.25) is 0 Å². The number of carbonyl (C=O) groups is 1. The van der Waals surface area contributed by atoms with Crippen LogP contribution in [0.1, 0.15) is 79.6 Å². The lowest BCUT2D eigenvalue weighted by atomic mass is 9.82. The summed E-state index contributed by atoms with van der Waals surface area (Å²) in [4.78, 5) is 12.4. The van der Waals surface area contributed by atoms with Gasteiger partial charge in [-0.1, -0.05) is 33.1 Å². The Hall–Kier alpha value is -0.530. The SMILES string of the molecule is CCCC(C)(CC)C(=O)OC(C)(C)C1CCCC1. The molecule has 1 atom stereocenters. The Kier molecular flexibility index (Phi) is 5.24. The average Bonchev–Trinajstić information content (AvgIpc) is 2.82. The predicted molar refractivity (Wildman–Crippen MR) is 75.4 cm³/mol. The number of hydrogen-bond donors (Lipinski definition) is 0. The van der Waals surface area contributed by atoms with Crippen molar-refractivity contribution >= 4 is 5.97 Å². The molecule has 0 aliphatic heterocycles. The molecule has 0 bridgehead atoms. The molecule has 1 fully saturated rings. The summed E-state index contributed by atoms with van der Waals surface area (Å²) in [5.74, 6) is 0.549. The van der Waals surface area contributed by atoms with E-state index in [0.717, 1.165) is 19.3 Å². The maximum Gasteiger partial charge on any atom is 0.312 e. The normalized spacial score (nSPS) is 20.7. The van der Waals surface area contributed by atoms with Gasteiger partial charge in [0.15, 0.2) is 0 Å². The van der Waals surface area contributed by atoms with Crippen LogP contribution in [0.5, 0.6) is 0 Å². The number of hydrogen-bond acceptors (Lipinski definition) is 2. The van der Waals surface area contributed by atoms with E-state index >= 15 is 0 Å². The Morgan fingerprint density at radius 3 is 2.17 bits per heavy atom. The van der Waals surface area contributed by atoms with Crippen molar-refractivity contribution in [1.82, 2.24) is 0 Å². The molecule has 2 heteroatoms. The summed E-state index contributed by atoms with van der Waals surface area (Å²) in [7, 11) is 0. The molecule has 1 saturated carbocycles. The molecular formula is C16H30O2. The standard InChI is InChI=1S/C16H30O2/c1-6-12-16(5,7-2)14(17)18-15(3,4)13-10-8-9-11-13/h13H,6-12H2,1-5H3. The van der Waals surface area contributed by atoms with Crippen molar-refractivity contribution < 1.29 is 9.53 Å². The van der Waals surface area contributed by atoms with Crippen LogP contribution in [0.15, 0.2) is 0 Å². The van der Waals surface area contributed by atoms with E-state index in [-0.39, 0.29) is 17.0 Å². The quantitative estimate of drug-likeness (QED) is 0.641. The van der Waals surface area contributed by atoms with Crippen LogP contribution < -0.4 is 0 Å². The lowest BCUT2D eigenvalue weighted by Crippen LogP contribution is -2.41. The molecule has 0 aromatic rings. The van der Waals surface area contributed by atoms with Gasteiger partial charge in [-0.25, -0.2) is 0 Å². The third kappa shape index (κ3) is 3.49. The topological polar surface area (TPSA) is 26.3 Å². The predicted octanol–water partition coefficient (Wildman–Crippen LogP) is 4.71. The van der Waals surface area contributed by atoms with E-state index in [9.17, 15) is 4.79 Å². The maximum atomic E-state index is 12.4. The van der Waals surface area contributed by atoms with E-state index in [0.29, 0.717) is 5.92 Å². The third-order valence-electron chi connectivity index (χ3n) is 4.77. The molecule has 0 radical (unpaired) electrons. The van der Waals surface area contributed by atoms with E-state index < -0.39 is 0 Å². The average molecular weight is 254 g/mol. The summed E-state index contributed by atoms with van der Waals surface area (Å²) in [5, 5.41) is 0. The van der Waals surface area contributed by atoms with Crippen LogP contribution in [-0.4, -0.2) is 11.6 Å². The number of esters is 1. The van der Waals surface area contributed by atoms with Crippen LogP contribution in [0.2, 0.25) is 0 Å². The molecule has 0 heterocycles. The highest BCUT2D eigenvalue weighted by Gasteiger charge is 2.40. The van der Waals surface area contributed by atoms with Gasteiger partial charge >= 0.3 is 5.97 Å². The highest BCUT2D eigenvalue weighted by Crippen LogP contribution is 2.38. The second-order valence-electron chi connectivity index (χ2n) is 6.64. The first-order valence-electron chi connectivity index (χ1n) is 7.59. The molecule has 1 aliphatic rings. The van der Waals surface area contributed by atoms with Gasteiger partial charge in [-0.05, 0) is 52.4 Å². The molecule has 1 aliphatic carbocycles. The molecule has 18 heavy (non-hydrogen) atoms. The van der Waals surface area contributed by atoms with Crippen molar-refractivity contribution in [1.29, 1.82) is 0 Å². The lowest BCUT2D eigenvalue weighted by Gasteiger charge is -2.36. The van der Waals surface area contributed by atoms with Gasteiger partial charge in [-0.2, -0.15) is 0 Å². The number of ether oxygens (including phenoxy) is 1. The first kappa shape index (κ1) is 15.5. The molecule has 106 valence electrons. The minimum absolute atomic E-state index is 0.00347. The summed E-state index contributed by atoms with van der Waals surface area (Å²) in [5.41, 5.74) is -0.595.